The van der Waals surface area contributed by atoms with Gasteiger partial charge >= 0.3 is 5.69 Å². The molecule has 0 radical (unpaired) electrons. The third-order valence-electron chi connectivity index (χ3n) is 6.80. The molecular formula is C26H32N10O. The molecule has 0 bridgehead atoms. The molecule has 37 heavy (non-hydrogen) atoms. The van der Waals surface area contributed by atoms with E-state index in [0.29, 0.717) is 18.3 Å². The zero-order valence-electron chi connectivity index (χ0n) is 21.2. The minimum Gasteiger partial charge on any atom is -0.368 e. The SMILES string of the molecule is CCCCc1cn(-c2nncn2CCCC)c(=O)n1CC1(c2cccc(-c3nnn[nH]3)c2)C=CNC=C1. The number of unbranched alkanes of at least 4 members (excludes halogenated alkanes) is 2. The van der Waals surface area contributed by atoms with Gasteiger partial charge in [-0.15, -0.1) is 15.3 Å². The standard InChI is InChI=1S/C26H32N10O/c1-3-5-10-22-17-35(24-31-28-19-34(24)15-6-4-2)25(37)36(22)18-26(11-13-27-14-12-26)21-9-7-8-20(16-21)23-29-32-33-30-23/h7-9,11-14,16-17,19,27H,3-6,10,15,18H2,1-2H3,(H,29,30,32,33). The molecular weight excluding hydrogens is 468 g/mol. The zero-order valence-corrected chi connectivity index (χ0v) is 21.2. The molecule has 0 amide bonds. The highest BCUT2D eigenvalue weighted by molar-refractivity contribution is 5.57. The second kappa shape index (κ2) is 10.8. The van der Waals surface area contributed by atoms with Gasteiger partial charge in [0.25, 0.3) is 0 Å². The lowest BCUT2D eigenvalue weighted by Gasteiger charge is -2.31. The molecule has 192 valence electrons. The maximum Gasteiger partial charge on any atom is 0.335 e. The zero-order chi connectivity index (χ0) is 25.7. The Bertz CT molecular complexity index is 1430. The van der Waals surface area contributed by atoms with Gasteiger partial charge in [0.05, 0.1) is 5.41 Å². The summed E-state index contributed by atoms with van der Waals surface area (Å²) in [6, 6.07) is 8.09. The van der Waals surface area contributed by atoms with Crippen LogP contribution in [0.5, 0.6) is 0 Å². The summed E-state index contributed by atoms with van der Waals surface area (Å²) in [7, 11) is 0. The Morgan fingerprint density at radius 2 is 1.89 bits per heavy atom. The lowest BCUT2D eigenvalue weighted by molar-refractivity contribution is 0.494. The summed E-state index contributed by atoms with van der Waals surface area (Å²) in [5.41, 5.74) is 2.21. The van der Waals surface area contributed by atoms with Crippen LogP contribution in [0.1, 0.15) is 50.8 Å². The summed E-state index contributed by atoms with van der Waals surface area (Å²) >= 11 is 0. The Balaban J connectivity index is 1.59. The van der Waals surface area contributed by atoms with Crippen LogP contribution in [0.4, 0.5) is 0 Å². The van der Waals surface area contributed by atoms with Gasteiger partial charge in [0, 0.05) is 30.5 Å². The first-order chi connectivity index (χ1) is 18.1. The van der Waals surface area contributed by atoms with Crippen LogP contribution in [0.2, 0.25) is 0 Å². The van der Waals surface area contributed by atoms with Crippen molar-refractivity contribution >= 4 is 0 Å². The highest BCUT2D eigenvalue weighted by Crippen LogP contribution is 2.33. The monoisotopic (exact) mass is 500 g/mol. The second-order valence-corrected chi connectivity index (χ2v) is 9.34. The lowest BCUT2D eigenvalue weighted by Crippen LogP contribution is -2.36. The highest BCUT2D eigenvalue weighted by Gasteiger charge is 2.31. The predicted molar refractivity (Wildman–Crippen MR) is 140 cm³/mol. The minimum atomic E-state index is -0.554. The van der Waals surface area contributed by atoms with E-state index in [-0.39, 0.29) is 5.69 Å². The van der Waals surface area contributed by atoms with Crippen molar-refractivity contribution in [3.8, 4) is 17.3 Å². The fourth-order valence-electron chi connectivity index (χ4n) is 4.71. The van der Waals surface area contributed by atoms with E-state index in [0.717, 1.165) is 55.5 Å². The first-order valence-electron chi connectivity index (χ1n) is 12.8. The topological polar surface area (TPSA) is 124 Å². The number of nitrogens with zero attached hydrogens (tertiary/aromatic N) is 8. The molecule has 3 aromatic heterocycles. The Labute approximate surface area is 214 Å². The maximum absolute atomic E-state index is 13.9. The molecule has 0 saturated carbocycles. The second-order valence-electron chi connectivity index (χ2n) is 9.34. The van der Waals surface area contributed by atoms with E-state index < -0.39 is 5.41 Å². The fourth-order valence-corrected chi connectivity index (χ4v) is 4.71. The van der Waals surface area contributed by atoms with Crippen molar-refractivity contribution in [3.63, 3.8) is 0 Å². The molecule has 1 aliphatic rings. The molecule has 0 unspecified atom stereocenters. The van der Waals surface area contributed by atoms with Crippen LogP contribution in [-0.4, -0.2) is 44.5 Å². The van der Waals surface area contributed by atoms with Crippen LogP contribution < -0.4 is 11.0 Å². The number of aromatic nitrogens is 9. The van der Waals surface area contributed by atoms with Crippen molar-refractivity contribution in [2.75, 3.05) is 0 Å². The Morgan fingerprint density at radius 1 is 1.05 bits per heavy atom. The molecule has 4 aromatic rings. The van der Waals surface area contributed by atoms with Crippen LogP contribution >= 0.6 is 0 Å². The first-order valence-corrected chi connectivity index (χ1v) is 12.8. The number of allylic oxidation sites excluding steroid dienone is 2. The molecule has 2 N–H and O–H groups in total. The molecule has 0 atom stereocenters. The number of benzene rings is 1. The summed E-state index contributed by atoms with van der Waals surface area (Å²) in [6.45, 7) is 5.51. The van der Waals surface area contributed by atoms with Crippen LogP contribution in [0, 0.1) is 0 Å². The van der Waals surface area contributed by atoms with Gasteiger partial charge < -0.3 is 5.32 Å². The van der Waals surface area contributed by atoms with Gasteiger partial charge in [0.2, 0.25) is 5.95 Å². The van der Waals surface area contributed by atoms with Crippen LogP contribution in [-0.2, 0) is 24.9 Å². The Kier molecular flexibility index (Phi) is 7.11. The van der Waals surface area contributed by atoms with E-state index in [1.54, 1.807) is 10.9 Å². The quantitative estimate of drug-likeness (QED) is 0.324. The Hall–Kier alpha value is -4.28. The number of tetrazole rings is 1. The van der Waals surface area contributed by atoms with Crippen molar-refractivity contribution in [1.82, 2.24) is 49.8 Å². The molecule has 0 spiro atoms. The summed E-state index contributed by atoms with van der Waals surface area (Å²) < 4.78 is 5.48. The number of aromatic amines is 1. The number of H-pyrrole nitrogens is 1. The molecule has 1 aliphatic heterocycles. The predicted octanol–water partition coefficient (Wildman–Crippen LogP) is 3.12. The minimum absolute atomic E-state index is 0.118. The third-order valence-corrected chi connectivity index (χ3v) is 6.80. The molecule has 5 rings (SSSR count). The van der Waals surface area contributed by atoms with E-state index in [1.165, 1.54) is 0 Å². The smallest absolute Gasteiger partial charge is 0.335 e. The number of hydrogen-bond donors (Lipinski definition) is 2. The summed E-state index contributed by atoms with van der Waals surface area (Å²) in [5, 5.41) is 25.9. The van der Waals surface area contributed by atoms with E-state index in [1.807, 2.05) is 39.9 Å². The summed E-state index contributed by atoms with van der Waals surface area (Å²) in [6.07, 6.45) is 16.5. The highest BCUT2D eigenvalue weighted by atomic mass is 16.2. The number of imidazole rings is 1. The lowest BCUT2D eigenvalue weighted by atomic mass is 9.78. The van der Waals surface area contributed by atoms with Gasteiger partial charge in [-0.2, -0.15) is 0 Å². The molecule has 0 aliphatic carbocycles. The molecule has 0 saturated heterocycles. The van der Waals surface area contributed by atoms with E-state index in [9.17, 15) is 4.79 Å². The molecule has 11 nitrogen and oxygen atoms in total. The number of rotatable bonds is 11. The third kappa shape index (κ3) is 4.89. The first kappa shape index (κ1) is 24.4. The van der Waals surface area contributed by atoms with Crippen LogP contribution in [0.3, 0.4) is 0 Å². The van der Waals surface area contributed by atoms with Crippen molar-refractivity contribution in [2.45, 2.75) is 64.5 Å². The van der Waals surface area contributed by atoms with Crippen LogP contribution in [0.15, 0.2) is 66.1 Å². The van der Waals surface area contributed by atoms with Crippen molar-refractivity contribution in [3.05, 3.63) is 83.1 Å². The maximum atomic E-state index is 13.9. The molecule has 0 fully saturated rings. The van der Waals surface area contributed by atoms with E-state index in [4.69, 9.17) is 0 Å². The van der Waals surface area contributed by atoms with Gasteiger partial charge in [-0.1, -0.05) is 57.0 Å². The summed E-state index contributed by atoms with van der Waals surface area (Å²) in [5.74, 6) is 1.15. The number of dihydropyridines is 1. The number of hydrogen-bond acceptors (Lipinski definition) is 7. The van der Waals surface area contributed by atoms with Gasteiger partial charge in [-0.05, 0) is 53.7 Å². The molecule has 11 heteroatoms. The van der Waals surface area contributed by atoms with Crippen molar-refractivity contribution in [2.24, 2.45) is 0 Å². The molecule has 4 heterocycles. The van der Waals surface area contributed by atoms with Crippen molar-refractivity contribution < 1.29 is 0 Å². The number of nitrogens with one attached hydrogen (secondary N) is 2. The average Bonchev–Trinajstić information content (AvgIpc) is 3.69. The van der Waals surface area contributed by atoms with Gasteiger partial charge in [-0.25, -0.2) is 14.5 Å². The van der Waals surface area contributed by atoms with E-state index >= 15 is 0 Å². The summed E-state index contributed by atoms with van der Waals surface area (Å²) in [4.78, 5) is 13.9. The van der Waals surface area contributed by atoms with Crippen LogP contribution in [0.25, 0.3) is 17.3 Å². The van der Waals surface area contributed by atoms with Gasteiger partial charge in [0.1, 0.15) is 6.33 Å². The normalized spacial score (nSPS) is 14.2. The Morgan fingerprint density at radius 3 is 2.65 bits per heavy atom. The fraction of sp³-hybridized carbons (Fsp3) is 0.385. The van der Waals surface area contributed by atoms with Gasteiger partial charge in [0.15, 0.2) is 5.82 Å². The average molecular weight is 501 g/mol. The van der Waals surface area contributed by atoms with E-state index in [2.05, 4.69) is 74.3 Å². The molecule has 1 aromatic carbocycles. The van der Waals surface area contributed by atoms with Gasteiger partial charge in [-0.3, -0.25) is 9.13 Å². The largest absolute Gasteiger partial charge is 0.368 e. The number of aryl methyl sites for hydroxylation is 2. The van der Waals surface area contributed by atoms with Crippen molar-refractivity contribution in [1.29, 1.82) is 0 Å².